The van der Waals surface area contributed by atoms with Crippen LogP contribution in [0.25, 0.3) is 0 Å². The van der Waals surface area contributed by atoms with Crippen LogP contribution >= 0.6 is 0 Å². The number of hydrogen-bond donors (Lipinski definition) is 18. The van der Waals surface area contributed by atoms with Gasteiger partial charge in [-0.2, -0.15) is 0 Å². The minimum Gasteiger partial charge on any atom is -0.432 e. The fourth-order valence-electron chi connectivity index (χ4n) is 19.0. The van der Waals surface area contributed by atoms with E-state index in [2.05, 4.69) is 40.7 Å². The summed E-state index contributed by atoms with van der Waals surface area (Å²) < 4.78 is 71.4. The summed E-state index contributed by atoms with van der Waals surface area (Å²) >= 11 is 0. The minimum atomic E-state index is -1.92. The van der Waals surface area contributed by atoms with E-state index >= 15 is 4.79 Å². The van der Waals surface area contributed by atoms with Gasteiger partial charge in [-0.15, -0.1) is 0 Å². The molecular formula is C65H106O31. The largest absolute Gasteiger partial charge is 0.432 e. The Labute approximate surface area is 556 Å². The molecule has 11 aliphatic rings. The molecule has 3 unspecified atom stereocenters. The summed E-state index contributed by atoms with van der Waals surface area (Å²) in [5.41, 5.74) is -2.31. The van der Waals surface area contributed by atoms with E-state index in [1.807, 2.05) is 6.92 Å². The van der Waals surface area contributed by atoms with Gasteiger partial charge in [0.2, 0.25) is 6.29 Å². The zero-order chi connectivity index (χ0) is 70.0. The number of aliphatic hydroxyl groups is 18. The number of allylic oxidation sites excluding steroid dienone is 2. The number of carbonyl (C=O) groups is 1. The van der Waals surface area contributed by atoms with Crippen molar-refractivity contribution in [3.05, 3.63) is 11.6 Å². The Morgan fingerprint density at radius 2 is 1.05 bits per heavy atom. The predicted octanol–water partition coefficient (Wildman–Crippen LogP) is -4.72. The maximum absolute atomic E-state index is 15.3. The molecule has 6 heterocycles. The second-order valence-corrected chi connectivity index (χ2v) is 31.3. The molecule has 11 rings (SSSR count). The highest BCUT2D eigenvalue weighted by Gasteiger charge is 2.71. The van der Waals surface area contributed by atoms with Crippen LogP contribution in [0.15, 0.2) is 11.6 Å². The van der Waals surface area contributed by atoms with E-state index in [-0.39, 0.29) is 41.8 Å². The maximum Gasteiger partial charge on any atom is 0.315 e. The third-order valence-electron chi connectivity index (χ3n) is 25.3. The van der Waals surface area contributed by atoms with Crippen molar-refractivity contribution in [1.29, 1.82) is 0 Å². The van der Waals surface area contributed by atoms with Gasteiger partial charge in [-0.25, -0.2) is 0 Å². The topological polar surface area (TPSA) is 492 Å². The van der Waals surface area contributed by atoms with Gasteiger partial charge >= 0.3 is 5.97 Å². The number of rotatable bonds is 16. The van der Waals surface area contributed by atoms with Gasteiger partial charge in [0.05, 0.1) is 56.8 Å². The number of carbonyl (C=O) groups excluding carboxylic acids is 1. The van der Waals surface area contributed by atoms with Gasteiger partial charge in [-0.3, -0.25) is 4.79 Å². The minimum absolute atomic E-state index is 0.0604. The van der Waals surface area contributed by atoms with E-state index < -0.39 is 232 Å². The number of ether oxygens (including phenoxy) is 12. The van der Waals surface area contributed by atoms with Gasteiger partial charge in [0.15, 0.2) is 31.5 Å². The molecule has 552 valence electrons. The molecule has 6 saturated heterocycles. The molecule has 31 nitrogen and oxygen atoms in total. The van der Waals surface area contributed by atoms with Crippen molar-refractivity contribution in [3.8, 4) is 0 Å². The molecule has 0 aromatic heterocycles. The standard InChI is InChI=1S/C65H106O31/c1-25-36(70)41(75)45(79)54(87-25)93-50-31(21-67)90-53(48(82)44(50)78)86-23-32-40(74)43(77)47(81)56(91-32)96-59(84)65-17-15-60(3,4)19-28(65)27-9-10-34-61(5)13-12-35(62(6,24-68)33(61)11-14-64(34,8)63(27,7)16-18-65)92-58-52(38(72)29(69)22-85-58)95-57-49(83)51(37(71)26(2)88-57)94-55-46(80)42(76)39(73)30(20-66)89-55/h9,25-26,28-58,66-83H,10-24H2,1-8H3/t25-,26-,28?,29-,30+,31+,32+,33?,34?,35-,36-,37-,38-,39+,40+,41+,42-,43-,44+,45+,46+,47+,48+,49+,50+,51+,52+,53+,54-,55-,56-,57-,58-,61-,62-,63+,64+,65-/m0/s1. The first-order valence-corrected chi connectivity index (χ1v) is 34.1. The second-order valence-electron chi connectivity index (χ2n) is 31.3. The summed E-state index contributed by atoms with van der Waals surface area (Å²) in [4.78, 5) is 15.3. The first-order chi connectivity index (χ1) is 45.1. The molecule has 38 atom stereocenters. The van der Waals surface area contributed by atoms with Crippen LogP contribution in [0.5, 0.6) is 0 Å². The van der Waals surface area contributed by atoms with Crippen molar-refractivity contribution in [1.82, 2.24) is 0 Å². The van der Waals surface area contributed by atoms with E-state index in [1.54, 1.807) is 0 Å². The van der Waals surface area contributed by atoms with E-state index in [9.17, 15) is 91.9 Å². The van der Waals surface area contributed by atoms with E-state index in [4.69, 9.17) is 56.8 Å². The predicted molar refractivity (Wildman–Crippen MR) is 321 cm³/mol. The smallest absolute Gasteiger partial charge is 0.315 e. The van der Waals surface area contributed by atoms with Crippen LogP contribution in [0.2, 0.25) is 0 Å². The maximum atomic E-state index is 15.3. The van der Waals surface area contributed by atoms with Crippen molar-refractivity contribution in [2.24, 2.45) is 50.2 Å². The van der Waals surface area contributed by atoms with E-state index in [0.717, 1.165) is 12.0 Å². The third kappa shape index (κ3) is 12.8. The monoisotopic (exact) mass is 1380 g/mol. The van der Waals surface area contributed by atoms with Crippen molar-refractivity contribution < 1.29 is 154 Å². The molecule has 4 saturated carbocycles. The van der Waals surface area contributed by atoms with Gasteiger partial charge in [0.25, 0.3) is 0 Å². The molecule has 10 fully saturated rings. The van der Waals surface area contributed by atoms with Crippen LogP contribution in [0.4, 0.5) is 0 Å². The highest BCUT2D eigenvalue weighted by molar-refractivity contribution is 5.79. The van der Waals surface area contributed by atoms with Gasteiger partial charge in [0.1, 0.15) is 128 Å². The Morgan fingerprint density at radius 1 is 0.500 bits per heavy atom. The summed E-state index contributed by atoms with van der Waals surface area (Å²) in [6.07, 6.45) is -40.3. The number of esters is 1. The number of hydrogen-bond acceptors (Lipinski definition) is 31. The SMILES string of the molecule is C[C@@H]1O[C@@H](O[C@H]2[C@H](O)[C@@H](O)[C@H](OC[C@H]3O[C@@H](OC(=O)[C@]45CCC(C)(C)CC4C4=CCC6[C@@]7(C)CC[C@H](O[C@@H]8OC[C@H](O)[C@H](O)[C@H]8O[C@@H]8O[C@@H](C)[C@H](O)[C@@H](O[C@@H]9O[C@H](CO)[C@@H](O)[C@H](O)[C@H]9O)[C@H]8O)[C@@](C)(CO)C7CC[C@@]6(C)[C@]4(C)CC5)[C@H](O)[C@@H](O)[C@@H]3O)O[C@@H]2CO)[C@H](O)[C@H](O)[C@H]1O. The Balaban J connectivity index is 0.770. The van der Waals surface area contributed by atoms with Crippen LogP contribution in [-0.4, -0.2) is 315 Å². The molecular weight excluding hydrogens is 1280 g/mol. The summed E-state index contributed by atoms with van der Waals surface area (Å²) in [7, 11) is 0. The van der Waals surface area contributed by atoms with Crippen LogP contribution in [-0.2, 0) is 61.6 Å². The van der Waals surface area contributed by atoms with Crippen LogP contribution in [0, 0.1) is 50.2 Å². The van der Waals surface area contributed by atoms with Crippen molar-refractivity contribution >= 4 is 5.97 Å². The molecule has 0 amide bonds. The van der Waals surface area contributed by atoms with Crippen molar-refractivity contribution in [2.45, 2.75) is 304 Å². The van der Waals surface area contributed by atoms with E-state index in [1.165, 1.54) is 13.8 Å². The first-order valence-electron chi connectivity index (χ1n) is 34.1. The second kappa shape index (κ2) is 28.3. The Hall–Kier alpha value is -1.95. The lowest BCUT2D eigenvalue weighted by atomic mass is 9.33. The Kier molecular flexibility index (Phi) is 22.1. The van der Waals surface area contributed by atoms with Gasteiger partial charge in [-0.1, -0.05) is 53.2 Å². The van der Waals surface area contributed by atoms with Crippen LogP contribution in [0.3, 0.4) is 0 Å². The Bertz CT molecular complexity index is 2690. The molecule has 5 aliphatic carbocycles. The molecule has 0 aromatic rings. The molecule has 0 bridgehead atoms. The summed E-state index contributed by atoms with van der Waals surface area (Å²) in [6, 6.07) is 0. The van der Waals surface area contributed by atoms with Gasteiger partial charge in [-0.05, 0) is 117 Å². The lowest BCUT2D eigenvalue weighted by Crippen LogP contribution is -2.67. The molecule has 0 radical (unpaired) electrons. The quantitative estimate of drug-likeness (QED) is 0.0392. The fraction of sp³-hybridized carbons (Fsp3) is 0.954. The van der Waals surface area contributed by atoms with Gasteiger partial charge in [0, 0.05) is 5.41 Å². The zero-order valence-corrected chi connectivity index (χ0v) is 55.6. The average Bonchev–Trinajstić information content (AvgIpc) is 0.675. The first kappa shape index (κ1) is 75.2. The summed E-state index contributed by atoms with van der Waals surface area (Å²) in [6.45, 7) is 13.2. The highest BCUT2D eigenvalue weighted by Crippen LogP contribution is 2.76. The molecule has 31 heteroatoms. The van der Waals surface area contributed by atoms with Crippen molar-refractivity contribution in [3.63, 3.8) is 0 Å². The fourth-order valence-corrected chi connectivity index (χ4v) is 19.0. The summed E-state index contributed by atoms with van der Waals surface area (Å²) in [5, 5.41) is 196. The molecule has 18 N–H and O–H groups in total. The molecule has 6 aliphatic heterocycles. The summed E-state index contributed by atoms with van der Waals surface area (Å²) in [5.74, 6) is -1.06. The number of aliphatic hydroxyl groups excluding tert-OH is 18. The zero-order valence-electron chi connectivity index (χ0n) is 55.6. The Morgan fingerprint density at radius 3 is 1.71 bits per heavy atom. The number of fused-ring (bicyclic) bond motifs is 7. The average molecular weight is 1380 g/mol. The molecule has 0 aromatic carbocycles. The normalized spacial score (nSPS) is 55.1. The molecule has 0 spiro atoms. The van der Waals surface area contributed by atoms with Crippen LogP contribution in [0.1, 0.15) is 120 Å². The van der Waals surface area contributed by atoms with E-state index in [0.29, 0.717) is 57.8 Å². The molecule has 96 heavy (non-hydrogen) atoms. The highest BCUT2D eigenvalue weighted by atomic mass is 16.8. The lowest BCUT2D eigenvalue weighted by molar-refractivity contribution is -0.383. The third-order valence-corrected chi connectivity index (χ3v) is 25.3. The van der Waals surface area contributed by atoms with Crippen LogP contribution < -0.4 is 0 Å². The lowest BCUT2D eigenvalue weighted by Gasteiger charge is -2.71. The van der Waals surface area contributed by atoms with Crippen molar-refractivity contribution in [2.75, 3.05) is 33.0 Å². The van der Waals surface area contributed by atoms with Gasteiger partial charge < -0.3 is 149 Å².